The molecule has 0 aliphatic carbocycles. The fourth-order valence-electron chi connectivity index (χ4n) is 5.47. The molecule has 0 radical (unpaired) electrons. The second kappa shape index (κ2) is 33.9. The molecule has 0 heterocycles. The van der Waals surface area contributed by atoms with Crippen molar-refractivity contribution in [2.45, 2.75) is 199 Å². The Bertz CT molecular complexity index is 722. The fourth-order valence-corrected chi connectivity index (χ4v) is 5.47. The van der Waals surface area contributed by atoms with Gasteiger partial charge < -0.3 is 25.7 Å². The molecule has 45 heavy (non-hydrogen) atoms. The van der Waals surface area contributed by atoms with Gasteiger partial charge in [0.25, 0.3) is 0 Å². The van der Waals surface area contributed by atoms with E-state index in [1.165, 1.54) is 83.5 Å². The summed E-state index contributed by atoms with van der Waals surface area (Å²) in [5.74, 6) is -0.606. The minimum Gasteiger partial charge on any atom is -0.394 e. The number of carbonyl (C=O) groups is 1. The molecule has 0 saturated carbocycles. The molecule has 0 fully saturated rings. The van der Waals surface area contributed by atoms with Crippen molar-refractivity contribution >= 4 is 5.91 Å². The molecule has 0 aromatic rings. The van der Waals surface area contributed by atoms with Gasteiger partial charge >= 0.3 is 0 Å². The molecule has 5 N–H and O–H groups in total. The number of rotatable bonds is 33. The average Bonchev–Trinajstić information content (AvgIpc) is 3.04. The van der Waals surface area contributed by atoms with Crippen molar-refractivity contribution < 1.29 is 25.2 Å². The number of nitrogens with one attached hydrogen (secondary N) is 1. The summed E-state index contributed by atoms with van der Waals surface area (Å²) in [6.45, 7) is 3.98. The van der Waals surface area contributed by atoms with Gasteiger partial charge in [-0.05, 0) is 77.0 Å². The van der Waals surface area contributed by atoms with Crippen molar-refractivity contribution in [3.8, 4) is 0 Å². The van der Waals surface area contributed by atoms with Crippen LogP contribution in [0.3, 0.4) is 0 Å². The van der Waals surface area contributed by atoms with Gasteiger partial charge in [0.05, 0.1) is 18.8 Å². The summed E-state index contributed by atoms with van der Waals surface area (Å²) in [5, 5.41) is 43.4. The predicted molar refractivity (Wildman–Crippen MR) is 191 cm³/mol. The lowest BCUT2D eigenvalue weighted by atomic mass is 10.00. The van der Waals surface area contributed by atoms with Crippen molar-refractivity contribution in [3.63, 3.8) is 0 Å². The molecular weight excluding hydrogens is 562 g/mol. The molecule has 1 amide bonds. The van der Waals surface area contributed by atoms with Crippen LogP contribution in [-0.4, -0.2) is 57.3 Å². The van der Waals surface area contributed by atoms with Crippen molar-refractivity contribution in [2.75, 3.05) is 6.61 Å². The minimum absolute atomic E-state index is 0.352. The maximum Gasteiger partial charge on any atom is 0.249 e. The molecule has 6 heteroatoms. The van der Waals surface area contributed by atoms with Gasteiger partial charge in [-0.15, -0.1) is 0 Å². The summed E-state index contributed by atoms with van der Waals surface area (Å²) in [5.41, 5.74) is 0. The van der Waals surface area contributed by atoms with Crippen LogP contribution in [0, 0.1) is 0 Å². The normalized spacial score (nSPS) is 14.9. The summed E-state index contributed by atoms with van der Waals surface area (Å²) in [7, 11) is 0. The van der Waals surface area contributed by atoms with E-state index in [4.69, 9.17) is 0 Å². The molecule has 0 saturated heterocycles. The standard InChI is InChI=1S/C39H73NO5/c1-3-5-7-9-11-13-15-17-18-19-21-23-25-27-29-31-33-37(43)39(45)40-35(34-41)38(44)36(42)32-30-28-26-24-22-20-16-14-12-10-8-6-4-2/h14,16-18,24,26,35-38,41-44H,3-13,15,19-23,25,27-34H2,1-2H3,(H,40,45)/b16-14+,18-17-,26-24+. The van der Waals surface area contributed by atoms with Crippen molar-refractivity contribution in [1.82, 2.24) is 5.32 Å². The monoisotopic (exact) mass is 636 g/mol. The highest BCUT2D eigenvalue weighted by Gasteiger charge is 2.28. The van der Waals surface area contributed by atoms with Gasteiger partial charge in [0.2, 0.25) is 5.91 Å². The van der Waals surface area contributed by atoms with E-state index in [0.29, 0.717) is 19.3 Å². The molecule has 264 valence electrons. The van der Waals surface area contributed by atoms with E-state index >= 15 is 0 Å². The van der Waals surface area contributed by atoms with Gasteiger partial charge in [0.15, 0.2) is 0 Å². The number of hydrogen-bond donors (Lipinski definition) is 5. The Balaban J connectivity index is 3.89. The molecule has 4 atom stereocenters. The zero-order valence-electron chi connectivity index (χ0n) is 29.4. The molecule has 0 aliphatic rings. The molecule has 0 aromatic carbocycles. The highest BCUT2D eigenvalue weighted by molar-refractivity contribution is 5.80. The van der Waals surface area contributed by atoms with Gasteiger partial charge in [0, 0.05) is 0 Å². The quantitative estimate of drug-likeness (QED) is 0.0365. The molecule has 0 spiro atoms. The van der Waals surface area contributed by atoms with E-state index in [0.717, 1.165) is 57.8 Å². The lowest BCUT2D eigenvalue weighted by Crippen LogP contribution is -2.53. The summed E-state index contributed by atoms with van der Waals surface area (Å²) in [6, 6.07) is -1.01. The summed E-state index contributed by atoms with van der Waals surface area (Å²) in [6.07, 6.45) is 37.3. The summed E-state index contributed by atoms with van der Waals surface area (Å²) >= 11 is 0. The maximum absolute atomic E-state index is 12.4. The van der Waals surface area contributed by atoms with Gasteiger partial charge in [0.1, 0.15) is 12.2 Å². The van der Waals surface area contributed by atoms with Crippen molar-refractivity contribution in [2.24, 2.45) is 0 Å². The van der Waals surface area contributed by atoms with Crippen LogP contribution in [0.4, 0.5) is 0 Å². The summed E-state index contributed by atoms with van der Waals surface area (Å²) < 4.78 is 0. The van der Waals surface area contributed by atoms with E-state index in [1.807, 2.05) is 0 Å². The van der Waals surface area contributed by atoms with E-state index in [1.54, 1.807) is 0 Å². The lowest BCUT2D eigenvalue weighted by molar-refractivity contribution is -0.132. The Morgan fingerprint density at radius 3 is 1.42 bits per heavy atom. The van der Waals surface area contributed by atoms with Gasteiger partial charge in [-0.25, -0.2) is 0 Å². The van der Waals surface area contributed by atoms with Crippen LogP contribution >= 0.6 is 0 Å². The van der Waals surface area contributed by atoms with Crippen LogP contribution in [0.25, 0.3) is 0 Å². The molecule has 6 nitrogen and oxygen atoms in total. The van der Waals surface area contributed by atoms with Crippen LogP contribution in [-0.2, 0) is 4.79 Å². The first kappa shape index (κ1) is 43.5. The van der Waals surface area contributed by atoms with E-state index in [9.17, 15) is 25.2 Å². The first-order chi connectivity index (χ1) is 22.0. The van der Waals surface area contributed by atoms with Crippen molar-refractivity contribution in [3.05, 3.63) is 36.5 Å². The predicted octanol–water partition coefficient (Wildman–Crippen LogP) is 9.01. The molecular formula is C39H73NO5. The zero-order chi connectivity index (χ0) is 33.2. The van der Waals surface area contributed by atoms with Crippen LogP contribution in [0.5, 0.6) is 0 Å². The van der Waals surface area contributed by atoms with E-state index in [2.05, 4.69) is 55.6 Å². The smallest absolute Gasteiger partial charge is 0.249 e. The highest BCUT2D eigenvalue weighted by atomic mass is 16.3. The molecule has 0 aromatic heterocycles. The lowest BCUT2D eigenvalue weighted by Gasteiger charge is -2.27. The number of aliphatic hydroxyl groups is 4. The second-order valence-corrected chi connectivity index (χ2v) is 12.9. The van der Waals surface area contributed by atoms with Crippen LogP contribution in [0.1, 0.15) is 174 Å². The van der Waals surface area contributed by atoms with Crippen LogP contribution < -0.4 is 5.32 Å². The third-order valence-corrected chi connectivity index (χ3v) is 8.55. The Morgan fingerprint density at radius 1 is 0.533 bits per heavy atom. The Labute approximate surface area is 277 Å². The highest BCUT2D eigenvalue weighted by Crippen LogP contribution is 2.13. The maximum atomic E-state index is 12.4. The molecule has 0 bridgehead atoms. The number of hydrogen-bond acceptors (Lipinski definition) is 5. The van der Waals surface area contributed by atoms with E-state index < -0.39 is 36.9 Å². The molecule has 4 unspecified atom stereocenters. The van der Waals surface area contributed by atoms with Crippen molar-refractivity contribution in [1.29, 1.82) is 0 Å². The topological polar surface area (TPSA) is 110 Å². The van der Waals surface area contributed by atoms with Crippen LogP contribution in [0.2, 0.25) is 0 Å². The third-order valence-electron chi connectivity index (χ3n) is 8.55. The first-order valence-corrected chi connectivity index (χ1v) is 18.9. The summed E-state index contributed by atoms with van der Waals surface area (Å²) in [4.78, 5) is 12.4. The fraction of sp³-hybridized carbons (Fsp3) is 0.821. The van der Waals surface area contributed by atoms with Gasteiger partial charge in [-0.3, -0.25) is 4.79 Å². The minimum atomic E-state index is -1.29. The molecule has 0 aliphatic heterocycles. The Morgan fingerprint density at radius 2 is 0.933 bits per heavy atom. The number of carbonyl (C=O) groups excluding carboxylic acids is 1. The number of amides is 1. The Hall–Kier alpha value is -1.47. The van der Waals surface area contributed by atoms with Gasteiger partial charge in [-0.1, -0.05) is 134 Å². The van der Waals surface area contributed by atoms with Gasteiger partial charge in [-0.2, -0.15) is 0 Å². The Kier molecular flexibility index (Phi) is 32.8. The first-order valence-electron chi connectivity index (χ1n) is 18.9. The largest absolute Gasteiger partial charge is 0.394 e. The average molecular weight is 636 g/mol. The zero-order valence-corrected chi connectivity index (χ0v) is 29.4. The second-order valence-electron chi connectivity index (χ2n) is 12.9. The SMILES string of the molecule is CCCCCC/C=C/CC/C=C/CCCC(O)C(O)C(CO)NC(=O)C(O)CCCCCCCC/C=C\CCCCCCCC. The number of aliphatic hydroxyl groups excluding tert-OH is 4. The third kappa shape index (κ3) is 28.5. The number of unbranched alkanes of at least 4 members (excludes halogenated alkanes) is 18. The molecule has 0 rings (SSSR count). The number of allylic oxidation sites excluding steroid dienone is 6. The van der Waals surface area contributed by atoms with Crippen LogP contribution in [0.15, 0.2) is 36.5 Å². The van der Waals surface area contributed by atoms with E-state index in [-0.39, 0.29) is 0 Å².